The van der Waals surface area contributed by atoms with Crippen molar-refractivity contribution in [1.29, 1.82) is 0 Å². The first-order valence-electron chi connectivity index (χ1n) is 6.39. The fraction of sp³-hybridized carbons (Fsp3) is 0.571. The van der Waals surface area contributed by atoms with E-state index >= 15 is 0 Å². The minimum atomic E-state index is -4.30. The van der Waals surface area contributed by atoms with Gasteiger partial charge in [-0.15, -0.1) is 0 Å². The molecule has 2 N–H and O–H groups in total. The monoisotopic (exact) mass is 272 g/mol. The van der Waals surface area contributed by atoms with Gasteiger partial charge in [0.2, 0.25) is 0 Å². The van der Waals surface area contributed by atoms with Crippen LogP contribution in [0.5, 0.6) is 0 Å². The molecule has 2 nitrogen and oxygen atoms in total. The van der Waals surface area contributed by atoms with E-state index in [0.717, 1.165) is 18.2 Å². The van der Waals surface area contributed by atoms with E-state index in [1.807, 2.05) is 0 Å². The van der Waals surface area contributed by atoms with Crippen LogP contribution in [-0.2, 0) is 6.18 Å². The molecule has 1 aliphatic rings. The fourth-order valence-corrected chi connectivity index (χ4v) is 2.25. The van der Waals surface area contributed by atoms with Crippen LogP contribution in [0.15, 0.2) is 18.2 Å². The Bertz CT molecular complexity index is 461. The van der Waals surface area contributed by atoms with Crippen LogP contribution in [0.3, 0.4) is 0 Å². The quantitative estimate of drug-likeness (QED) is 0.733. The number of rotatable bonds is 0. The Kier molecular flexibility index (Phi) is 3.41. The fourth-order valence-electron chi connectivity index (χ4n) is 2.25. The van der Waals surface area contributed by atoms with E-state index < -0.39 is 11.7 Å². The molecular formula is C14H19F3N2. The third-order valence-electron chi connectivity index (χ3n) is 3.47. The maximum Gasteiger partial charge on any atom is 0.416 e. The molecule has 0 aromatic heterocycles. The zero-order valence-electron chi connectivity index (χ0n) is 11.4. The molecule has 1 aromatic carbocycles. The number of fused-ring (bicyclic) bond motifs is 1. The number of halogens is 3. The predicted octanol–water partition coefficient (Wildman–Crippen LogP) is 4.35. The van der Waals surface area contributed by atoms with Crippen molar-refractivity contribution in [2.75, 3.05) is 17.2 Å². The number of hydrogen-bond donors (Lipinski definition) is 2. The minimum absolute atomic E-state index is 0.0615. The first-order chi connectivity index (χ1) is 8.68. The van der Waals surface area contributed by atoms with Gasteiger partial charge >= 0.3 is 6.18 Å². The smallest absolute Gasteiger partial charge is 0.383 e. The molecule has 2 rings (SSSR count). The van der Waals surface area contributed by atoms with Gasteiger partial charge in [0.15, 0.2) is 0 Å². The van der Waals surface area contributed by atoms with Gasteiger partial charge in [0.25, 0.3) is 0 Å². The predicted molar refractivity (Wildman–Crippen MR) is 71.4 cm³/mol. The lowest BCUT2D eigenvalue weighted by molar-refractivity contribution is -0.137. The van der Waals surface area contributed by atoms with E-state index in [0.29, 0.717) is 12.2 Å². The van der Waals surface area contributed by atoms with Gasteiger partial charge in [0, 0.05) is 12.6 Å². The molecule has 5 heteroatoms. The number of nitrogens with one attached hydrogen (secondary N) is 2. The van der Waals surface area contributed by atoms with Crippen LogP contribution >= 0.6 is 0 Å². The summed E-state index contributed by atoms with van der Waals surface area (Å²) in [6, 6.07) is 4.04. The molecule has 0 radical (unpaired) electrons. The van der Waals surface area contributed by atoms with Crippen LogP contribution in [0.25, 0.3) is 0 Å². The molecular weight excluding hydrogens is 253 g/mol. The molecule has 0 bridgehead atoms. The topological polar surface area (TPSA) is 24.1 Å². The highest BCUT2D eigenvalue weighted by Crippen LogP contribution is 2.37. The molecule has 0 fully saturated rings. The molecule has 106 valence electrons. The third kappa shape index (κ3) is 3.14. The lowest BCUT2D eigenvalue weighted by Crippen LogP contribution is -2.34. The summed E-state index contributed by atoms with van der Waals surface area (Å²) < 4.78 is 38.0. The summed E-state index contributed by atoms with van der Waals surface area (Å²) in [6.07, 6.45) is -3.42. The summed E-state index contributed by atoms with van der Waals surface area (Å²) in [5.41, 5.74) is 0.716. The SMILES string of the molecule is CC(C)(C)C1CCNc2cc(C(F)(F)F)ccc2N1. The molecule has 0 saturated heterocycles. The van der Waals surface area contributed by atoms with Crippen LogP contribution in [0.2, 0.25) is 0 Å². The highest BCUT2D eigenvalue weighted by atomic mass is 19.4. The Balaban J connectivity index is 2.31. The van der Waals surface area contributed by atoms with Crippen molar-refractivity contribution >= 4 is 11.4 Å². The first-order valence-corrected chi connectivity index (χ1v) is 6.39. The molecule has 0 aliphatic carbocycles. The van der Waals surface area contributed by atoms with E-state index in [9.17, 15) is 13.2 Å². The van der Waals surface area contributed by atoms with Gasteiger partial charge in [-0.25, -0.2) is 0 Å². The molecule has 1 heterocycles. The zero-order chi connectivity index (χ0) is 14.3. The van der Waals surface area contributed by atoms with Crippen molar-refractivity contribution in [3.8, 4) is 0 Å². The average molecular weight is 272 g/mol. The normalized spacial score (nSPS) is 20.0. The summed E-state index contributed by atoms with van der Waals surface area (Å²) in [4.78, 5) is 0. The van der Waals surface area contributed by atoms with Crippen LogP contribution in [0.4, 0.5) is 24.5 Å². The Morgan fingerprint density at radius 2 is 1.79 bits per heavy atom. The van der Waals surface area contributed by atoms with Crippen LogP contribution in [-0.4, -0.2) is 12.6 Å². The Morgan fingerprint density at radius 3 is 2.37 bits per heavy atom. The van der Waals surface area contributed by atoms with Gasteiger partial charge < -0.3 is 10.6 Å². The molecule has 1 aliphatic heterocycles. The number of alkyl halides is 3. The lowest BCUT2D eigenvalue weighted by Gasteiger charge is -2.31. The largest absolute Gasteiger partial charge is 0.416 e. The average Bonchev–Trinajstić information content (AvgIpc) is 2.47. The second-order valence-corrected chi connectivity index (χ2v) is 6.04. The molecule has 1 unspecified atom stereocenters. The van der Waals surface area contributed by atoms with E-state index in [-0.39, 0.29) is 11.5 Å². The highest BCUT2D eigenvalue weighted by Gasteiger charge is 2.32. The number of hydrogen-bond acceptors (Lipinski definition) is 2. The van der Waals surface area contributed by atoms with Crippen molar-refractivity contribution in [3.05, 3.63) is 23.8 Å². The lowest BCUT2D eigenvalue weighted by atomic mass is 9.85. The van der Waals surface area contributed by atoms with Crippen molar-refractivity contribution in [3.63, 3.8) is 0 Å². The van der Waals surface area contributed by atoms with Gasteiger partial charge in [-0.1, -0.05) is 20.8 Å². The van der Waals surface area contributed by atoms with Crippen molar-refractivity contribution < 1.29 is 13.2 Å². The van der Waals surface area contributed by atoms with Crippen LogP contribution < -0.4 is 10.6 Å². The summed E-state index contributed by atoms with van der Waals surface area (Å²) in [5.74, 6) is 0. The third-order valence-corrected chi connectivity index (χ3v) is 3.47. The molecule has 1 aromatic rings. The van der Waals surface area contributed by atoms with Crippen LogP contribution in [0, 0.1) is 5.41 Å². The van der Waals surface area contributed by atoms with Gasteiger partial charge in [0.05, 0.1) is 16.9 Å². The first kappa shape index (κ1) is 14.0. The zero-order valence-corrected chi connectivity index (χ0v) is 11.4. The Hall–Kier alpha value is -1.39. The molecule has 0 amide bonds. The second-order valence-electron chi connectivity index (χ2n) is 6.04. The Morgan fingerprint density at radius 1 is 1.11 bits per heavy atom. The standard InChI is InChI=1S/C14H19F3N2/c1-13(2,3)12-6-7-18-11-8-9(14(15,16)17)4-5-10(11)19-12/h4-5,8,12,18-19H,6-7H2,1-3H3. The second kappa shape index (κ2) is 4.62. The van der Waals surface area contributed by atoms with Crippen molar-refractivity contribution in [2.24, 2.45) is 5.41 Å². The molecule has 0 spiro atoms. The van der Waals surface area contributed by atoms with Gasteiger partial charge in [-0.3, -0.25) is 0 Å². The van der Waals surface area contributed by atoms with Gasteiger partial charge in [-0.2, -0.15) is 13.2 Å². The summed E-state index contributed by atoms with van der Waals surface area (Å²) in [6.45, 7) is 7.04. The summed E-state index contributed by atoms with van der Waals surface area (Å²) in [7, 11) is 0. The molecule has 19 heavy (non-hydrogen) atoms. The van der Waals surface area contributed by atoms with Gasteiger partial charge in [-0.05, 0) is 30.0 Å². The number of anilines is 2. The molecule has 1 atom stereocenters. The minimum Gasteiger partial charge on any atom is -0.383 e. The number of benzene rings is 1. The summed E-state index contributed by atoms with van der Waals surface area (Å²) in [5, 5.41) is 6.43. The highest BCUT2D eigenvalue weighted by molar-refractivity contribution is 5.71. The maximum absolute atomic E-state index is 12.7. The van der Waals surface area contributed by atoms with E-state index in [1.54, 1.807) is 0 Å². The van der Waals surface area contributed by atoms with Crippen molar-refractivity contribution in [2.45, 2.75) is 39.4 Å². The Labute approximate surface area is 111 Å². The van der Waals surface area contributed by atoms with Crippen molar-refractivity contribution in [1.82, 2.24) is 0 Å². The van der Waals surface area contributed by atoms with E-state index in [2.05, 4.69) is 31.4 Å². The van der Waals surface area contributed by atoms with Crippen LogP contribution in [0.1, 0.15) is 32.8 Å². The molecule has 0 saturated carbocycles. The van der Waals surface area contributed by atoms with E-state index in [1.165, 1.54) is 12.1 Å². The van der Waals surface area contributed by atoms with E-state index in [4.69, 9.17) is 0 Å². The summed E-state index contributed by atoms with van der Waals surface area (Å²) >= 11 is 0. The van der Waals surface area contributed by atoms with Gasteiger partial charge in [0.1, 0.15) is 0 Å². The maximum atomic E-state index is 12.7.